The summed E-state index contributed by atoms with van der Waals surface area (Å²) in [6.07, 6.45) is 48.0. The highest BCUT2D eigenvalue weighted by Crippen LogP contribution is 2.15. The van der Waals surface area contributed by atoms with Gasteiger partial charge in [0.1, 0.15) is 0 Å². The first-order valence-electron chi connectivity index (χ1n) is 18.9. The first kappa shape index (κ1) is 38.4. The Morgan fingerprint density at radius 3 is 0.553 bits per heavy atom. The first-order valence-corrected chi connectivity index (χ1v) is 24.9. The molecule has 0 aliphatic heterocycles. The van der Waals surface area contributed by atoms with Gasteiger partial charge in [-0.1, -0.05) is 231 Å². The largest absolute Gasteiger partial charge is 0.0654 e. The maximum atomic E-state index is 2.31. The fourth-order valence-corrected chi connectivity index (χ4v) is 12.5. The van der Waals surface area contributed by atoms with E-state index in [1.807, 2.05) is 0 Å². The van der Waals surface area contributed by atoms with Crippen molar-refractivity contribution in [2.45, 2.75) is 231 Å². The van der Waals surface area contributed by atoms with Crippen LogP contribution in [0.25, 0.3) is 0 Å². The van der Waals surface area contributed by atoms with E-state index in [9.17, 15) is 0 Å². The van der Waals surface area contributed by atoms with Crippen LogP contribution in [0.4, 0.5) is 0 Å². The molecule has 0 aromatic carbocycles. The van der Waals surface area contributed by atoms with Gasteiger partial charge in [0.2, 0.25) is 0 Å². The average molecular weight is 567 g/mol. The lowest BCUT2D eigenvalue weighted by atomic mass is 10.0. The molecule has 0 aromatic heterocycles. The minimum atomic E-state index is 0.420. The van der Waals surface area contributed by atoms with Gasteiger partial charge in [-0.2, -0.15) is 0 Å². The fourth-order valence-electron chi connectivity index (χ4n) is 6.16. The third-order valence-electron chi connectivity index (χ3n) is 8.96. The van der Waals surface area contributed by atoms with Gasteiger partial charge < -0.3 is 0 Å². The molecule has 0 radical (unpaired) electrons. The van der Waals surface area contributed by atoms with Crippen LogP contribution >= 0.6 is 0 Å². The highest BCUT2D eigenvalue weighted by molar-refractivity contribution is 7.00. The third kappa shape index (κ3) is 36.4. The van der Waals surface area contributed by atoms with E-state index in [0.29, 0.717) is 18.1 Å². The second-order valence-corrected chi connectivity index (χ2v) is 20.1. The summed E-state index contributed by atoms with van der Waals surface area (Å²) in [5, 5.41) is 0. The summed E-state index contributed by atoms with van der Waals surface area (Å²) in [5.41, 5.74) is 0. The maximum absolute atomic E-state index is 2.31. The molecular weight excluding hydrogens is 489 g/mol. The van der Waals surface area contributed by atoms with E-state index in [4.69, 9.17) is 0 Å². The monoisotopic (exact) mass is 567 g/mol. The molecule has 0 fully saturated rings. The number of rotatable bonds is 35. The van der Waals surface area contributed by atoms with Crippen molar-refractivity contribution >= 4 is 18.1 Å². The molecule has 0 saturated carbocycles. The van der Waals surface area contributed by atoms with Gasteiger partial charge in [-0.05, 0) is 0 Å². The molecule has 0 bridgehead atoms. The van der Waals surface area contributed by atoms with Crippen molar-refractivity contribution in [3.05, 3.63) is 0 Å². The summed E-state index contributed by atoms with van der Waals surface area (Å²) in [7, 11) is 0.839. The SMILES string of the molecule is CCCCCCCCCCCCCCCCCC[SiH2][SiH2]CCCCCCCCCCCCCCCCCC. The van der Waals surface area contributed by atoms with Gasteiger partial charge in [0.15, 0.2) is 0 Å². The van der Waals surface area contributed by atoms with Gasteiger partial charge in [0.25, 0.3) is 0 Å². The Morgan fingerprint density at radius 1 is 0.211 bits per heavy atom. The Bertz CT molecular complexity index is 348. The van der Waals surface area contributed by atoms with Gasteiger partial charge in [-0.3, -0.25) is 0 Å². The molecule has 0 nitrogen and oxygen atoms in total. The summed E-state index contributed by atoms with van der Waals surface area (Å²) >= 11 is 0. The van der Waals surface area contributed by atoms with Gasteiger partial charge >= 0.3 is 0 Å². The molecule has 0 aliphatic carbocycles. The smallest absolute Gasteiger partial charge is 0.00797 e. The molecule has 0 atom stereocenters. The van der Waals surface area contributed by atoms with Crippen LogP contribution in [-0.4, -0.2) is 18.1 Å². The van der Waals surface area contributed by atoms with Crippen LogP contribution in [-0.2, 0) is 0 Å². The van der Waals surface area contributed by atoms with E-state index in [2.05, 4.69) is 13.8 Å². The Morgan fingerprint density at radius 2 is 0.368 bits per heavy atom. The Hall–Kier alpha value is 0.434. The summed E-state index contributed by atoms with van der Waals surface area (Å²) in [6, 6.07) is 3.40. The standard InChI is InChI=1S/C36H78Si2/c1-3-5-7-9-11-13-15-17-19-21-23-25-27-29-31-33-35-37-38-36-34-32-30-28-26-24-22-20-18-16-14-12-10-8-6-4-2/h3-38H2,1-2H3. The molecule has 0 rings (SSSR count). The third-order valence-corrected chi connectivity index (χ3v) is 16.0. The molecule has 0 spiro atoms. The lowest BCUT2D eigenvalue weighted by Gasteiger charge is -2.04. The summed E-state index contributed by atoms with van der Waals surface area (Å²) in [5.74, 6) is 0. The van der Waals surface area contributed by atoms with E-state index in [0.717, 1.165) is 0 Å². The van der Waals surface area contributed by atoms with Crippen molar-refractivity contribution < 1.29 is 0 Å². The summed E-state index contributed by atoms with van der Waals surface area (Å²) in [4.78, 5) is 0. The van der Waals surface area contributed by atoms with Crippen LogP contribution in [0.3, 0.4) is 0 Å². The average Bonchev–Trinajstić information content (AvgIpc) is 2.93. The molecule has 0 N–H and O–H groups in total. The van der Waals surface area contributed by atoms with Crippen molar-refractivity contribution in [2.24, 2.45) is 0 Å². The van der Waals surface area contributed by atoms with E-state index >= 15 is 0 Å². The molecule has 0 unspecified atom stereocenters. The molecule has 0 heterocycles. The zero-order valence-electron chi connectivity index (χ0n) is 27.5. The second kappa shape index (κ2) is 37.4. The normalized spacial score (nSPS) is 12.2. The minimum Gasteiger partial charge on any atom is -0.0654 e. The zero-order valence-corrected chi connectivity index (χ0v) is 30.3. The van der Waals surface area contributed by atoms with Crippen LogP contribution in [0.5, 0.6) is 0 Å². The molecular formula is C36H78Si2. The topological polar surface area (TPSA) is 0 Å². The number of unbranched alkanes of at least 4 members (excludes halogenated alkanes) is 30. The molecule has 0 amide bonds. The lowest BCUT2D eigenvalue weighted by Crippen LogP contribution is -2.02. The van der Waals surface area contributed by atoms with Gasteiger partial charge in [0, 0.05) is 18.1 Å². The Labute approximate surface area is 248 Å². The van der Waals surface area contributed by atoms with Crippen LogP contribution in [0.15, 0.2) is 0 Å². The minimum absolute atomic E-state index is 0.420. The van der Waals surface area contributed by atoms with Crippen LogP contribution in [0.2, 0.25) is 12.1 Å². The van der Waals surface area contributed by atoms with E-state index in [1.54, 1.807) is 37.8 Å². The molecule has 230 valence electrons. The highest BCUT2D eigenvalue weighted by atomic mass is 29.1. The lowest BCUT2D eigenvalue weighted by molar-refractivity contribution is 0.531. The predicted octanol–water partition coefficient (Wildman–Crippen LogP) is 12.6. The van der Waals surface area contributed by atoms with Crippen LogP contribution in [0, 0.1) is 0 Å². The number of hydrogen-bond donors (Lipinski definition) is 0. The second-order valence-electron chi connectivity index (χ2n) is 13.0. The molecule has 0 aliphatic rings. The summed E-state index contributed by atoms with van der Waals surface area (Å²) < 4.78 is 0. The molecule has 38 heavy (non-hydrogen) atoms. The zero-order chi connectivity index (χ0) is 27.5. The quantitative estimate of drug-likeness (QED) is 0.0528. The summed E-state index contributed by atoms with van der Waals surface area (Å²) in [6.45, 7) is 4.62. The molecule has 0 aromatic rings. The van der Waals surface area contributed by atoms with Gasteiger partial charge in [0.05, 0.1) is 0 Å². The molecule has 2 heteroatoms. The van der Waals surface area contributed by atoms with Gasteiger partial charge in [-0.15, -0.1) is 0 Å². The van der Waals surface area contributed by atoms with Crippen LogP contribution in [0.1, 0.15) is 219 Å². The van der Waals surface area contributed by atoms with E-state index in [-0.39, 0.29) is 0 Å². The van der Waals surface area contributed by atoms with Crippen molar-refractivity contribution in [1.29, 1.82) is 0 Å². The van der Waals surface area contributed by atoms with Gasteiger partial charge in [-0.25, -0.2) is 0 Å². The number of hydrogen-bond acceptors (Lipinski definition) is 0. The maximum Gasteiger partial charge on any atom is 0.00797 e. The first-order chi connectivity index (χ1) is 18.9. The Balaban J connectivity index is 3.01. The predicted molar refractivity (Wildman–Crippen MR) is 186 cm³/mol. The van der Waals surface area contributed by atoms with Crippen molar-refractivity contribution in [3.8, 4) is 0 Å². The van der Waals surface area contributed by atoms with Crippen LogP contribution < -0.4 is 0 Å². The fraction of sp³-hybridized carbons (Fsp3) is 1.00. The van der Waals surface area contributed by atoms with Crippen molar-refractivity contribution in [2.75, 3.05) is 0 Å². The highest BCUT2D eigenvalue weighted by Gasteiger charge is 1.97. The Kier molecular flexibility index (Phi) is 37.9. The van der Waals surface area contributed by atoms with E-state index in [1.165, 1.54) is 180 Å². The van der Waals surface area contributed by atoms with Crippen molar-refractivity contribution in [1.82, 2.24) is 0 Å². The van der Waals surface area contributed by atoms with E-state index < -0.39 is 0 Å². The molecule has 0 saturated heterocycles. The van der Waals surface area contributed by atoms with Crippen molar-refractivity contribution in [3.63, 3.8) is 0 Å².